The lowest BCUT2D eigenvalue weighted by atomic mass is 10.1. The van der Waals surface area contributed by atoms with Crippen molar-refractivity contribution in [2.45, 2.75) is 37.1 Å². The maximum atomic E-state index is 12.4. The van der Waals surface area contributed by atoms with Gasteiger partial charge >= 0.3 is 0 Å². The highest BCUT2D eigenvalue weighted by Gasteiger charge is 2.20. The fourth-order valence-electron chi connectivity index (χ4n) is 2.56. The molecule has 0 spiro atoms. The Kier molecular flexibility index (Phi) is 5.06. The second-order valence-electron chi connectivity index (χ2n) is 7.00. The van der Waals surface area contributed by atoms with Crippen LogP contribution >= 0.6 is 11.8 Å². The molecule has 0 bridgehead atoms. The molecule has 3 aromatic rings. The van der Waals surface area contributed by atoms with Gasteiger partial charge in [-0.1, -0.05) is 42.1 Å². The molecule has 1 aromatic carbocycles. The first-order valence-corrected chi connectivity index (χ1v) is 9.35. The van der Waals surface area contributed by atoms with E-state index < -0.39 is 5.54 Å². The normalized spacial score (nSPS) is 11.3. The molecule has 0 saturated heterocycles. The van der Waals surface area contributed by atoms with Crippen LogP contribution < -0.4 is 11.3 Å². The number of hydrogen-bond acceptors (Lipinski definition) is 6. The van der Waals surface area contributed by atoms with E-state index in [4.69, 9.17) is 5.73 Å². The van der Waals surface area contributed by atoms with Crippen molar-refractivity contribution in [1.82, 2.24) is 19.6 Å². The van der Waals surface area contributed by atoms with Crippen LogP contribution in [0.4, 0.5) is 5.82 Å². The van der Waals surface area contributed by atoms with E-state index in [2.05, 4.69) is 16.3 Å². The zero-order chi connectivity index (χ0) is 19.6. The third kappa shape index (κ3) is 3.88. The summed E-state index contributed by atoms with van der Waals surface area (Å²) in [5.74, 6) is 0.860. The molecule has 8 heteroatoms. The van der Waals surface area contributed by atoms with Crippen LogP contribution in [0.25, 0.3) is 5.69 Å². The Morgan fingerprint density at radius 1 is 1.26 bits per heavy atom. The summed E-state index contributed by atoms with van der Waals surface area (Å²) >= 11 is 1.43. The van der Waals surface area contributed by atoms with Crippen molar-refractivity contribution in [2.75, 3.05) is 5.73 Å². The number of benzene rings is 1. The second kappa shape index (κ2) is 7.29. The van der Waals surface area contributed by atoms with E-state index in [1.54, 1.807) is 0 Å². The fraction of sp³-hybridized carbons (Fsp3) is 0.263. The number of hydrogen-bond donors (Lipinski definition) is 1. The number of thioether (sulfide) groups is 1. The van der Waals surface area contributed by atoms with Gasteiger partial charge in [0.05, 0.1) is 17.4 Å². The summed E-state index contributed by atoms with van der Waals surface area (Å²) in [5.41, 5.74) is 7.28. The summed E-state index contributed by atoms with van der Waals surface area (Å²) < 4.78 is 2.79. The van der Waals surface area contributed by atoms with Gasteiger partial charge in [-0.25, -0.2) is 9.36 Å². The first-order valence-electron chi connectivity index (χ1n) is 8.37. The predicted octanol–water partition coefficient (Wildman–Crippen LogP) is 2.93. The summed E-state index contributed by atoms with van der Waals surface area (Å²) in [7, 11) is 0. The van der Waals surface area contributed by atoms with Crippen LogP contribution in [-0.4, -0.2) is 19.6 Å². The topological polar surface area (TPSA) is 103 Å². The largest absolute Gasteiger partial charge is 0.382 e. The Hall–Kier alpha value is -3.05. The molecule has 2 N–H and O–H groups in total. The number of nitrogens with zero attached hydrogens (tertiary/aromatic N) is 5. The van der Waals surface area contributed by atoms with Crippen molar-refractivity contribution >= 4 is 17.6 Å². The highest BCUT2D eigenvalue weighted by molar-refractivity contribution is 7.98. The molecule has 0 atom stereocenters. The van der Waals surface area contributed by atoms with Gasteiger partial charge in [-0.2, -0.15) is 15.5 Å². The summed E-state index contributed by atoms with van der Waals surface area (Å²) in [6.45, 7) is 5.69. The molecular formula is C19H20N6OS. The molecule has 0 unspecified atom stereocenters. The van der Waals surface area contributed by atoms with Crippen molar-refractivity contribution in [3.63, 3.8) is 0 Å². The molecule has 2 heterocycles. The van der Waals surface area contributed by atoms with Gasteiger partial charge in [0.25, 0.3) is 5.56 Å². The Bertz CT molecular complexity index is 1060. The number of nitrogen functional groups attached to an aromatic ring is 1. The molecule has 0 radical (unpaired) electrons. The molecule has 0 fully saturated rings. The Labute approximate surface area is 161 Å². The molecule has 0 aliphatic heterocycles. The van der Waals surface area contributed by atoms with Crippen LogP contribution in [0, 0.1) is 11.3 Å². The van der Waals surface area contributed by atoms with Gasteiger partial charge in [0.1, 0.15) is 22.5 Å². The third-order valence-electron chi connectivity index (χ3n) is 3.88. The highest BCUT2D eigenvalue weighted by Crippen LogP contribution is 2.29. The van der Waals surface area contributed by atoms with Gasteiger partial charge in [-0.15, -0.1) is 0 Å². The van der Waals surface area contributed by atoms with Gasteiger partial charge in [-0.05, 0) is 26.3 Å². The van der Waals surface area contributed by atoms with Crippen molar-refractivity contribution in [3.8, 4) is 11.8 Å². The lowest BCUT2D eigenvalue weighted by Gasteiger charge is -2.20. The minimum Gasteiger partial charge on any atom is -0.382 e. The standard InChI is InChI=1S/C19H20N6OS/c1-19(2,3)25-16(26)9-14(11-22-25)24-17(21)15(10-20)18(23-24)27-12-13-7-5-4-6-8-13/h4-9,11H,12,21H2,1-3H3. The summed E-state index contributed by atoms with van der Waals surface area (Å²) in [5, 5.41) is 18.7. The number of anilines is 1. The number of nitrogens with two attached hydrogens (primary N) is 1. The quantitative estimate of drug-likeness (QED) is 0.698. The summed E-state index contributed by atoms with van der Waals surface area (Å²) in [6.07, 6.45) is 1.53. The van der Waals surface area contributed by atoms with Crippen LogP contribution in [0.2, 0.25) is 0 Å². The molecule has 0 aliphatic rings. The lowest BCUT2D eigenvalue weighted by molar-refractivity contribution is 0.337. The number of nitriles is 1. The zero-order valence-electron chi connectivity index (χ0n) is 15.4. The van der Waals surface area contributed by atoms with Crippen LogP contribution in [0.15, 0.2) is 52.4 Å². The van der Waals surface area contributed by atoms with Crippen molar-refractivity contribution in [2.24, 2.45) is 0 Å². The number of rotatable bonds is 4. The Balaban J connectivity index is 1.95. The minimum absolute atomic E-state index is 0.197. The average Bonchev–Trinajstić information content (AvgIpc) is 2.95. The van der Waals surface area contributed by atoms with E-state index in [9.17, 15) is 10.1 Å². The molecule has 3 rings (SSSR count). The van der Waals surface area contributed by atoms with E-state index in [0.717, 1.165) is 5.56 Å². The lowest BCUT2D eigenvalue weighted by Crippen LogP contribution is -2.35. The van der Waals surface area contributed by atoms with Crippen molar-refractivity contribution in [1.29, 1.82) is 5.26 Å². The molecule has 138 valence electrons. The first kappa shape index (κ1) is 18.7. The smallest absolute Gasteiger partial charge is 0.269 e. The van der Waals surface area contributed by atoms with Gasteiger partial charge in [0.2, 0.25) is 0 Å². The molecule has 7 nitrogen and oxygen atoms in total. The van der Waals surface area contributed by atoms with Gasteiger partial charge in [0, 0.05) is 11.8 Å². The first-order chi connectivity index (χ1) is 12.8. The SMILES string of the molecule is CC(C)(C)n1ncc(-n2nc(SCc3ccccc3)c(C#N)c2N)cc1=O. The maximum Gasteiger partial charge on any atom is 0.269 e. The molecule has 27 heavy (non-hydrogen) atoms. The van der Waals surface area contributed by atoms with E-state index in [1.807, 2.05) is 51.1 Å². The zero-order valence-corrected chi connectivity index (χ0v) is 16.2. The Morgan fingerprint density at radius 3 is 2.56 bits per heavy atom. The third-order valence-corrected chi connectivity index (χ3v) is 4.92. The molecule has 0 saturated carbocycles. The van der Waals surface area contributed by atoms with Crippen LogP contribution in [-0.2, 0) is 11.3 Å². The molecule has 0 amide bonds. The van der Waals surface area contributed by atoms with E-state index in [0.29, 0.717) is 22.0 Å². The van der Waals surface area contributed by atoms with E-state index in [-0.39, 0.29) is 11.4 Å². The van der Waals surface area contributed by atoms with Gasteiger partial charge in [0.15, 0.2) is 0 Å². The van der Waals surface area contributed by atoms with Gasteiger partial charge < -0.3 is 5.73 Å². The van der Waals surface area contributed by atoms with Crippen LogP contribution in [0.3, 0.4) is 0 Å². The Morgan fingerprint density at radius 2 is 1.96 bits per heavy atom. The summed E-state index contributed by atoms with van der Waals surface area (Å²) in [4.78, 5) is 12.4. The minimum atomic E-state index is -0.431. The van der Waals surface area contributed by atoms with Crippen LogP contribution in [0.1, 0.15) is 31.9 Å². The fourth-order valence-corrected chi connectivity index (χ4v) is 3.49. The maximum absolute atomic E-state index is 12.4. The van der Waals surface area contributed by atoms with Crippen molar-refractivity contribution in [3.05, 3.63) is 64.1 Å². The monoisotopic (exact) mass is 380 g/mol. The van der Waals surface area contributed by atoms with Crippen molar-refractivity contribution < 1.29 is 0 Å². The molecule has 0 aliphatic carbocycles. The predicted molar refractivity (Wildman–Crippen MR) is 106 cm³/mol. The molecular weight excluding hydrogens is 360 g/mol. The summed E-state index contributed by atoms with van der Waals surface area (Å²) in [6, 6.07) is 13.4. The highest BCUT2D eigenvalue weighted by atomic mass is 32.2. The number of aromatic nitrogens is 4. The molecule has 2 aromatic heterocycles. The van der Waals surface area contributed by atoms with Gasteiger partial charge in [-0.3, -0.25) is 4.79 Å². The van der Waals surface area contributed by atoms with Crippen LogP contribution in [0.5, 0.6) is 0 Å². The van der Waals surface area contributed by atoms with E-state index in [1.165, 1.54) is 33.4 Å². The second-order valence-corrected chi connectivity index (χ2v) is 7.96. The van der Waals surface area contributed by atoms with E-state index >= 15 is 0 Å². The average molecular weight is 380 g/mol.